The average Bonchev–Trinajstić information content (AvgIpc) is 3.17. The monoisotopic (exact) mass is 244 g/mol. The van der Waals surface area contributed by atoms with Crippen molar-refractivity contribution in [1.82, 2.24) is 5.32 Å². The van der Waals surface area contributed by atoms with E-state index in [0.717, 1.165) is 30.5 Å². The molecule has 0 saturated heterocycles. The van der Waals surface area contributed by atoms with Crippen molar-refractivity contribution in [2.45, 2.75) is 31.7 Å². The maximum absolute atomic E-state index is 11.9. The van der Waals surface area contributed by atoms with E-state index in [2.05, 4.69) is 5.32 Å². The van der Waals surface area contributed by atoms with Crippen molar-refractivity contribution in [3.8, 4) is 0 Å². The average molecular weight is 244 g/mol. The molecule has 0 unspecified atom stereocenters. The number of para-hydroxylation sites is 1. The summed E-state index contributed by atoms with van der Waals surface area (Å²) in [7, 11) is 0. The number of nitrogens with zero attached hydrogens (tertiary/aromatic N) is 1. The van der Waals surface area contributed by atoms with Gasteiger partial charge in [-0.05, 0) is 30.9 Å². The molecule has 2 aliphatic rings. The van der Waals surface area contributed by atoms with E-state index in [1.807, 2.05) is 24.3 Å². The van der Waals surface area contributed by atoms with Crippen LogP contribution in [-0.2, 0) is 16.0 Å². The van der Waals surface area contributed by atoms with Crippen molar-refractivity contribution < 1.29 is 9.59 Å². The van der Waals surface area contributed by atoms with Gasteiger partial charge in [-0.1, -0.05) is 18.2 Å². The Kier molecular flexibility index (Phi) is 2.78. The first-order valence-electron chi connectivity index (χ1n) is 6.41. The summed E-state index contributed by atoms with van der Waals surface area (Å²) in [5, 5.41) is 2.92. The third-order valence-corrected chi connectivity index (χ3v) is 3.44. The topological polar surface area (TPSA) is 49.4 Å². The lowest BCUT2D eigenvalue weighted by molar-refractivity contribution is -0.124. The van der Waals surface area contributed by atoms with Gasteiger partial charge in [-0.2, -0.15) is 0 Å². The van der Waals surface area contributed by atoms with E-state index in [-0.39, 0.29) is 18.4 Å². The lowest BCUT2D eigenvalue weighted by Crippen LogP contribution is -2.43. The second kappa shape index (κ2) is 4.44. The molecule has 94 valence electrons. The first-order valence-corrected chi connectivity index (χ1v) is 6.41. The van der Waals surface area contributed by atoms with Crippen LogP contribution >= 0.6 is 0 Å². The first kappa shape index (κ1) is 11.3. The van der Waals surface area contributed by atoms with Crippen LogP contribution < -0.4 is 10.2 Å². The number of amides is 2. The Morgan fingerprint density at radius 1 is 1.28 bits per heavy atom. The second-order valence-corrected chi connectivity index (χ2v) is 4.95. The number of fused-ring (bicyclic) bond motifs is 1. The number of hydrogen-bond acceptors (Lipinski definition) is 2. The van der Waals surface area contributed by atoms with Gasteiger partial charge >= 0.3 is 0 Å². The molecule has 1 N–H and O–H groups in total. The molecule has 1 fully saturated rings. The third-order valence-electron chi connectivity index (χ3n) is 3.44. The van der Waals surface area contributed by atoms with Gasteiger partial charge in [-0.15, -0.1) is 0 Å². The van der Waals surface area contributed by atoms with E-state index in [1.54, 1.807) is 4.90 Å². The quantitative estimate of drug-likeness (QED) is 0.869. The molecule has 4 heteroatoms. The van der Waals surface area contributed by atoms with Gasteiger partial charge in [0.1, 0.15) is 6.54 Å². The lowest BCUT2D eigenvalue weighted by atomic mass is 10.0. The Bertz CT molecular complexity index is 494. The number of rotatable bonds is 3. The zero-order valence-corrected chi connectivity index (χ0v) is 10.2. The highest BCUT2D eigenvalue weighted by atomic mass is 16.2. The zero-order chi connectivity index (χ0) is 12.5. The van der Waals surface area contributed by atoms with E-state index in [4.69, 9.17) is 0 Å². The molecule has 0 spiro atoms. The molecule has 1 aliphatic carbocycles. The minimum Gasteiger partial charge on any atom is -0.352 e. The summed E-state index contributed by atoms with van der Waals surface area (Å²) in [6.45, 7) is 0.145. The largest absolute Gasteiger partial charge is 0.352 e. The van der Waals surface area contributed by atoms with Crippen LogP contribution in [0.3, 0.4) is 0 Å². The van der Waals surface area contributed by atoms with Crippen LogP contribution in [0.25, 0.3) is 0 Å². The van der Waals surface area contributed by atoms with Gasteiger partial charge < -0.3 is 10.2 Å². The number of anilines is 1. The predicted octanol–water partition coefficient (Wildman–Crippen LogP) is 1.24. The number of nitrogens with one attached hydrogen (secondary N) is 1. The van der Waals surface area contributed by atoms with E-state index < -0.39 is 0 Å². The number of carbonyl (C=O) groups excluding carboxylic acids is 2. The van der Waals surface area contributed by atoms with Gasteiger partial charge in [-0.3, -0.25) is 9.59 Å². The van der Waals surface area contributed by atoms with Crippen LogP contribution in [0.15, 0.2) is 24.3 Å². The molecule has 1 aromatic rings. The molecule has 1 aliphatic heterocycles. The smallest absolute Gasteiger partial charge is 0.240 e. The summed E-state index contributed by atoms with van der Waals surface area (Å²) >= 11 is 0. The zero-order valence-electron chi connectivity index (χ0n) is 10.2. The van der Waals surface area contributed by atoms with Crippen LogP contribution in [0.1, 0.15) is 24.8 Å². The molecule has 3 rings (SSSR count). The van der Waals surface area contributed by atoms with Crippen LogP contribution in [0, 0.1) is 0 Å². The van der Waals surface area contributed by atoms with Crippen molar-refractivity contribution in [3.63, 3.8) is 0 Å². The van der Waals surface area contributed by atoms with Crippen molar-refractivity contribution in [1.29, 1.82) is 0 Å². The number of carbonyl (C=O) groups is 2. The highest BCUT2D eigenvalue weighted by molar-refractivity contribution is 6.01. The van der Waals surface area contributed by atoms with Gasteiger partial charge in [0.15, 0.2) is 0 Å². The molecule has 1 aromatic carbocycles. The Morgan fingerprint density at radius 2 is 2.06 bits per heavy atom. The fraction of sp³-hybridized carbons (Fsp3) is 0.429. The van der Waals surface area contributed by atoms with Crippen LogP contribution in [0.4, 0.5) is 5.69 Å². The summed E-state index contributed by atoms with van der Waals surface area (Å²) in [4.78, 5) is 25.4. The summed E-state index contributed by atoms with van der Waals surface area (Å²) in [5.41, 5.74) is 2.04. The van der Waals surface area contributed by atoms with Crippen molar-refractivity contribution >= 4 is 17.5 Å². The normalized spacial score (nSPS) is 18.4. The Hall–Kier alpha value is -1.84. The highest BCUT2D eigenvalue weighted by Gasteiger charge is 2.28. The molecule has 0 radical (unpaired) electrons. The maximum atomic E-state index is 11.9. The van der Waals surface area contributed by atoms with Crippen LogP contribution in [-0.4, -0.2) is 24.4 Å². The van der Waals surface area contributed by atoms with Crippen molar-refractivity contribution in [3.05, 3.63) is 29.8 Å². The van der Waals surface area contributed by atoms with Crippen molar-refractivity contribution in [2.24, 2.45) is 0 Å². The fourth-order valence-corrected chi connectivity index (χ4v) is 2.31. The molecular weight excluding hydrogens is 228 g/mol. The third kappa shape index (κ3) is 2.23. The van der Waals surface area contributed by atoms with E-state index in [0.29, 0.717) is 12.5 Å². The lowest BCUT2D eigenvalue weighted by Gasteiger charge is -2.28. The highest BCUT2D eigenvalue weighted by Crippen LogP contribution is 2.27. The number of benzene rings is 1. The first-order chi connectivity index (χ1) is 8.74. The summed E-state index contributed by atoms with van der Waals surface area (Å²) < 4.78 is 0. The molecule has 2 amide bonds. The molecule has 0 aromatic heterocycles. The van der Waals surface area contributed by atoms with Gasteiger partial charge in [0, 0.05) is 18.2 Å². The molecule has 1 saturated carbocycles. The van der Waals surface area contributed by atoms with Gasteiger partial charge in [-0.25, -0.2) is 0 Å². The SMILES string of the molecule is O=C(CN1C(=O)CCc2ccccc21)NC1CC1. The predicted molar refractivity (Wildman–Crippen MR) is 68.3 cm³/mol. The van der Waals surface area contributed by atoms with Gasteiger partial charge in [0.25, 0.3) is 0 Å². The molecule has 0 atom stereocenters. The summed E-state index contributed by atoms with van der Waals surface area (Å²) in [6, 6.07) is 8.15. The molecule has 4 nitrogen and oxygen atoms in total. The molecule has 18 heavy (non-hydrogen) atoms. The van der Waals surface area contributed by atoms with Gasteiger partial charge in [0.05, 0.1) is 0 Å². The summed E-state index contributed by atoms with van der Waals surface area (Å²) in [5.74, 6) is -0.0119. The number of hydrogen-bond donors (Lipinski definition) is 1. The fourth-order valence-electron chi connectivity index (χ4n) is 2.31. The van der Waals surface area contributed by atoms with E-state index in [1.165, 1.54) is 0 Å². The Labute approximate surface area is 106 Å². The standard InChI is InChI=1S/C14H16N2O2/c17-13(15-11-6-7-11)9-16-12-4-2-1-3-10(12)5-8-14(16)18/h1-4,11H,5-9H2,(H,15,17). The summed E-state index contributed by atoms with van der Waals surface area (Å²) in [6.07, 6.45) is 3.40. The molecular formula is C14H16N2O2. The van der Waals surface area contributed by atoms with Gasteiger partial charge in [0.2, 0.25) is 11.8 Å². The van der Waals surface area contributed by atoms with Crippen LogP contribution in [0.2, 0.25) is 0 Å². The second-order valence-electron chi connectivity index (χ2n) is 4.95. The number of aryl methyl sites for hydroxylation is 1. The Morgan fingerprint density at radius 3 is 2.83 bits per heavy atom. The van der Waals surface area contributed by atoms with E-state index >= 15 is 0 Å². The molecule has 0 bridgehead atoms. The Balaban J connectivity index is 1.77. The maximum Gasteiger partial charge on any atom is 0.240 e. The minimum absolute atomic E-state index is 0.0413. The van der Waals surface area contributed by atoms with Crippen molar-refractivity contribution in [2.75, 3.05) is 11.4 Å². The molecule has 1 heterocycles. The van der Waals surface area contributed by atoms with Crippen LogP contribution in [0.5, 0.6) is 0 Å². The minimum atomic E-state index is -0.0532. The van der Waals surface area contributed by atoms with E-state index in [9.17, 15) is 9.59 Å².